The van der Waals surface area contributed by atoms with Crippen LogP contribution in [0, 0.1) is 5.92 Å². The molecular formula is C15H29NO2. The van der Waals surface area contributed by atoms with E-state index in [4.69, 9.17) is 9.47 Å². The molecule has 3 atom stereocenters. The van der Waals surface area contributed by atoms with Gasteiger partial charge in [0, 0.05) is 19.3 Å². The van der Waals surface area contributed by atoms with Gasteiger partial charge >= 0.3 is 0 Å². The summed E-state index contributed by atoms with van der Waals surface area (Å²) in [6, 6.07) is 0.637. The molecule has 2 heterocycles. The van der Waals surface area contributed by atoms with Crippen molar-refractivity contribution in [2.24, 2.45) is 5.92 Å². The Morgan fingerprint density at radius 3 is 2.83 bits per heavy atom. The molecule has 0 bridgehead atoms. The van der Waals surface area contributed by atoms with Crippen LogP contribution in [0.5, 0.6) is 0 Å². The number of hydrogen-bond acceptors (Lipinski definition) is 3. The van der Waals surface area contributed by atoms with Crippen molar-refractivity contribution in [3.8, 4) is 0 Å². The summed E-state index contributed by atoms with van der Waals surface area (Å²) in [5.41, 5.74) is 0. The SMILES string of the molecule is CCCNC(CCC1CCCCO1)C1CCOC1. The molecule has 3 unspecified atom stereocenters. The van der Waals surface area contributed by atoms with Crippen molar-refractivity contribution >= 4 is 0 Å². The molecule has 0 aliphatic carbocycles. The summed E-state index contributed by atoms with van der Waals surface area (Å²) in [5, 5.41) is 3.72. The van der Waals surface area contributed by atoms with Crippen LogP contribution in [0.3, 0.4) is 0 Å². The van der Waals surface area contributed by atoms with Gasteiger partial charge in [0.2, 0.25) is 0 Å². The zero-order valence-corrected chi connectivity index (χ0v) is 11.8. The minimum atomic E-state index is 0.520. The maximum Gasteiger partial charge on any atom is 0.0575 e. The Morgan fingerprint density at radius 1 is 1.22 bits per heavy atom. The second-order valence-corrected chi connectivity index (χ2v) is 5.75. The lowest BCUT2D eigenvalue weighted by molar-refractivity contribution is 0.00734. The zero-order valence-electron chi connectivity index (χ0n) is 11.8. The van der Waals surface area contributed by atoms with Gasteiger partial charge in [-0.05, 0) is 57.4 Å². The summed E-state index contributed by atoms with van der Waals surface area (Å²) in [4.78, 5) is 0. The fourth-order valence-electron chi connectivity index (χ4n) is 3.10. The van der Waals surface area contributed by atoms with E-state index in [0.717, 1.165) is 32.3 Å². The molecule has 1 N–H and O–H groups in total. The Morgan fingerprint density at radius 2 is 2.17 bits per heavy atom. The average molecular weight is 255 g/mol. The molecule has 0 amide bonds. The molecule has 2 aliphatic rings. The molecule has 0 saturated carbocycles. The van der Waals surface area contributed by atoms with Crippen LogP contribution < -0.4 is 5.32 Å². The fourth-order valence-corrected chi connectivity index (χ4v) is 3.10. The van der Waals surface area contributed by atoms with Crippen molar-refractivity contribution in [3.05, 3.63) is 0 Å². The highest BCUT2D eigenvalue weighted by Crippen LogP contribution is 2.23. The van der Waals surface area contributed by atoms with Crippen molar-refractivity contribution in [1.82, 2.24) is 5.32 Å². The smallest absolute Gasteiger partial charge is 0.0575 e. The summed E-state index contributed by atoms with van der Waals surface area (Å²) in [5.74, 6) is 0.722. The van der Waals surface area contributed by atoms with Gasteiger partial charge in [0.25, 0.3) is 0 Å². The second kappa shape index (κ2) is 8.13. The minimum Gasteiger partial charge on any atom is -0.381 e. The summed E-state index contributed by atoms with van der Waals surface area (Å²) in [6.07, 6.45) is 9.30. The van der Waals surface area contributed by atoms with E-state index in [1.165, 1.54) is 44.9 Å². The van der Waals surface area contributed by atoms with Crippen molar-refractivity contribution in [2.45, 2.75) is 64.0 Å². The number of rotatable bonds is 7. The highest BCUT2D eigenvalue weighted by atomic mass is 16.5. The van der Waals surface area contributed by atoms with E-state index in [9.17, 15) is 0 Å². The normalized spacial score (nSPS) is 30.5. The standard InChI is InChI=1S/C15H29NO2/c1-2-9-16-15(13-8-11-17-12-13)7-6-14-5-3-4-10-18-14/h13-16H,2-12H2,1H3. The highest BCUT2D eigenvalue weighted by molar-refractivity contribution is 4.80. The van der Waals surface area contributed by atoms with Crippen molar-refractivity contribution in [1.29, 1.82) is 0 Å². The van der Waals surface area contributed by atoms with Crippen LogP contribution in [0.1, 0.15) is 51.9 Å². The molecule has 3 nitrogen and oxygen atoms in total. The molecule has 18 heavy (non-hydrogen) atoms. The maximum absolute atomic E-state index is 5.84. The molecule has 0 aromatic heterocycles. The minimum absolute atomic E-state index is 0.520. The molecule has 2 rings (SSSR count). The van der Waals surface area contributed by atoms with Crippen LogP contribution in [0.15, 0.2) is 0 Å². The lowest BCUT2D eigenvalue weighted by Crippen LogP contribution is -2.38. The van der Waals surface area contributed by atoms with Gasteiger partial charge in [-0.1, -0.05) is 6.92 Å². The van der Waals surface area contributed by atoms with Gasteiger partial charge in [0.05, 0.1) is 12.7 Å². The molecule has 0 radical (unpaired) electrons. The van der Waals surface area contributed by atoms with E-state index in [0.29, 0.717) is 12.1 Å². The molecule has 106 valence electrons. The Bertz CT molecular complexity index is 211. The first kappa shape index (κ1) is 14.3. The lowest BCUT2D eigenvalue weighted by Gasteiger charge is -2.28. The van der Waals surface area contributed by atoms with Crippen LogP contribution in [-0.2, 0) is 9.47 Å². The summed E-state index contributed by atoms with van der Waals surface area (Å²) in [7, 11) is 0. The van der Waals surface area contributed by atoms with Gasteiger partial charge in [-0.15, -0.1) is 0 Å². The van der Waals surface area contributed by atoms with Gasteiger partial charge in [-0.2, -0.15) is 0 Å². The van der Waals surface area contributed by atoms with Crippen LogP contribution in [-0.4, -0.2) is 38.5 Å². The third-order valence-electron chi connectivity index (χ3n) is 4.26. The maximum atomic E-state index is 5.84. The van der Waals surface area contributed by atoms with Gasteiger partial charge in [0.1, 0.15) is 0 Å². The quantitative estimate of drug-likeness (QED) is 0.759. The van der Waals surface area contributed by atoms with Gasteiger partial charge in [0.15, 0.2) is 0 Å². The van der Waals surface area contributed by atoms with Crippen LogP contribution in [0.2, 0.25) is 0 Å². The topological polar surface area (TPSA) is 30.5 Å². The molecule has 0 aromatic carbocycles. The monoisotopic (exact) mass is 255 g/mol. The van der Waals surface area contributed by atoms with E-state index in [-0.39, 0.29) is 0 Å². The van der Waals surface area contributed by atoms with Crippen molar-refractivity contribution in [3.63, 3.8) is 0 Å². The first-order valence-corrected chi connectivity index (χ1v) is 7.83. The first-order valence-electron chi connectivity index (χ1n) is 7.83. The van der Waals surface area contributed by atoms with Crippen molar-refractivity contribution in [2.75, 3.05) is 26.4 Å². The summed E-state index contributed by atoms with van der Waals surface area (Å²) >= 11 is 0. The zero-order chi connectivity index (χ0) is 12.6. The predicted octanol–water partition coefficient (Wildman–Crippen LogP) is 2.74. The Labute approximate surface area is 112 Å². The fraction of sp³-hybridized carbons (Fsp3) is 1.00. The van der Waals surface area contributed by atoms with E-state index < -0.39 is 0 Å². The first-order chi connectivity index (χ1) is 8.90. The van der Waals surface area contributed by atoms with Gasteiger partial charge in [-0.25, -0.2) is 0 Å². The predicted molar refractivity (Wildman–Crippen MR) is 73.8 cm³/mol. The molecule has 2 aliphatic heterocycles. The molecular weight excluding hydrogens is 226 g/mol. The molecule has 0 aromatic rings. The third-order valence-corrected chi connectivity index (χ3v) is 4.26. The summed E-state index contributed by atoms with van der Waals surface area (Å²) < 4.78 is 11.4. The Kier molecular flexibility index (Phi) is 6.46. The number of hydrogen-bond donors (Lipinski definition) is 1. The molecule has 2 fully saturated rings. The van der Waals surface area contributed by atoms with E-state index in [1.54, 1.807) is 0 Å². The lowest BCUT2D eigenvalue weighted by atomic mass is 9.92. The van der Waals surface area contributed by atoms with Crippen LogP contribution >= 0.6 is 0 Å². The van der Waals surface area contributed by atoms with E-state index in [2.05, 4.69) is 12.2 Å². The molecule has 3 heteroatoms. The van der Waals surface area contributed by atoms with Crippen LogP contribution in [0.25, 0.3) is 0 Å². The average Bonchev–Trinajstić information content (AvgIpc) is 2.94. The van der Waals surface area contributed by atoms with Crippen molar-refractivity contribution < 1.29 is 9.47 Å². The van der Waals surface area contributed by atoms with Gasteiger partial charge < -0.3 is 14.8 Å². The third kappa shape index (κ3) is 4.52. The van der Waals surface area contributed by atoms with E-state index in [1.807, 2.05) is 0 Å². The summed E-state index contributed by atoms with van der Waals surface area (Å²) in [6.45, 7) is 6.25. The molecule has 0 spiro atoms. The Balaban J connectivity index is 1.72. The highest BCUT2D eigenvalue weighted by Gasteiger charge is 2.26. The van der Waals surface area contributed by atoms with Crippen LogP contribution in [0.4, 0.5) is 0 Å². The Hall–Kier alpha value is -0.120. The van der Waals surface area contributed by atoms with E-state index >= 15 is 0 Å². The largest absolute Gasteiger partial charge is 0.381 e. The second-order valence-electron chi connectivity index (χ2n) is 5.75. The number of nitrogens with one attached hydrogen (secondary N) is 1. The van der Waals surface area contributed by atoms with Gasteiger partial charge in [-0.3, -0.25) is 0 Å². The molecule has 2 saturated heterocycles. The number of ether oxygens (including phenoxy) is 2.